The lowest BCUT2D eigenvalue weighted by atomic mass is 9.85. The maximum atomic E-state index is 11.7. The average molecular weight is 289 g/mol. The van der Waals surface area contributed by atoms with E-state index in [9.17, 15) is 14.9 Å². The Bertz CT molecular complexity index is 507. The number of rotatable bonds is 7. The van der Waals surface area contributed by atoms with E-state index in [1.54, 1.807) is 0 Å². The van der Waals surface area contributed by atoms with Gasteiger partial charge in [0.05, 0.1) is 26.7 Å². The lowest BCUT2D eigenvalue weighted by molar-refractivity contribution is -0.147. The molecule has 0 aliphatic carbocycles. The Labute approximate surface area is 124 Å². The first-order valence-electron chi connectivity index (χ1n) is 6.70. The highest BCUT2D eigenvalue weighted by Crippen LogP contribution is 2.23. The average Bonchev–Trinajstić information content (AvgIpc) is 2.53. The summed E-state index contributed by atoms with van der Waals surface area (Å²) in [6, 6.07) is 11.6. The fourth-order valence-electron chi connectivity index (χ4n) is 2.16. The monoisotopic (exact) mass is 289 g/mol. The molecule has 0 aliphatic rings. The van der Waals surface area contributed by atoms with Crippen LogP contribution in [0.3, 0.4) is 0 Å². The number of esters is 2. The molecule has 0 aliphatic heterocycles. The molecule has 0 bridgehead atoms. The second kappa shape index (κ2) is 8.75. The van der Waals surface area contributed by atoms with Crippen LogP contribution in [0.4, 0.5) is 0 Å². The number of methoxy groups -OCH3 is 2. The first-order chi connectivity index (χ1) is 10.1. The lowest BCUT2D eigenvalue weighted by Gasteiger charge is -2.19. The standard InChI is InChI=1S/C16H19NO4/c1-20-15(18)10-13(14(11-17)16(19)21-2)9-8-12-6-4-3-5-7-12/h3-7,13-14H,8-10H2,1-2H3. The van der Waals surface area contributed by atoms with Crippen LogP contribution in [0.15, 0.2) is 30.3 Å². The molecule has 2 atom stereocenters. The van der Waals surface area contributed by atoms with Crippen molar-refractivity contribution < 1.29 is 19.1 Å². The highest BCUT2D eigenvalue weighted by Gasteiger charge is 2.31. The summed E-state index contributed by atoms with van der Waals surface area (Å²) in [7, 11) is 2.52. The molecule has 0 fully saturated rings. The number of hydrogen-bond acceptors (Lipinski definition) is 5. The Kier molecular flexibility index (Phi) is 6.96. The van der Waals surface area contributed by atoms with Gasteiger partial charge in [0.1, 0.15) is 5.92 Å². The maximum absolute atomic E-state index is 11.7. The molecule has 0 heterocycles. The number of carbonyl (C=O) groups excluding carboxylic acids is 2. The summed E-state index contributed by atoms with van der Waals surface area (Å²) in [5.74, 6) is -2.43. The van der Waals surface area contributed by atoms with Crippen molar-refractivity contribution in [2.45, 2.75) is 19.3 Å². The van der Waals surface area contributed by atoms with Crippen molar-refractivity contribution in [1.29, 1.82) is 5.26 Å². The molecule has 1 aromatic rings. The molecule has 0 amide bonds. The first-order valence-corrected chi connectivity index (χ1v) is 6.70. The molecular formula is C16H19NO4. The van der Waals surface area contributed by atoms with Crippen LogP contribution in [0.2, 0.25) is 0 Å². The Hall–Kier alpha value is -2.35. The predicted molar refractivity (Wildman–Crippen MR) is 76.0 cm³/mol. The van der Waals surface area contributed by atoms with E-state index in [2.05, 4.69) is 9.47 Å². The van der Waals surface area contributed by atoms with Gasteiger partial charge in [-0.1, -0.05) is 30.3 Å². The fraction of sp³-hybridized carbons (Fsp3) is 0.438. The molecule has 0 saturated carbocycles. The number of hydrogen-bond donors (Lipinski definition) is 0. The number of aryl methyl sites for hydroxylation is 1. The van der Waals surface area contributed by atoms with Gasteiger partial charge in [-0.3, -0.25) is 9.59 Å². The first kappa shape index (κ1) is 16.7. The van der Waals surface area contributed by atoms with Crippen LogP contribution in [0.1, 0.15) is 18.4 Å². The van der Waals surface area contributed by atoms with Crippen LogP contribution in [-0.2, 0) is 25.5 Å². The predicted octanol–water partition coefficient (Wildman–Crippen LogP) is 2.11. The topological polar surface area (TPSA) is 76.4 Å². The van der Waals surface area contributed by atoms with Gasteiger partial charge in [-0.15, -0.1) is 0 Å². The van der Waals surface area contributed by atoms with Crippen LogP contribution < -0.4 is 0 Å². The van der Waals surface area contributed by atoms with Crippen molar-refractivity contribution in [2.24, 2.45) is 11.8 Å². The normalized spacial score (nSPS) is 12.8. The Morgan fingerprint density at radius 3 is 2.38 bits per heavy atom. The van der Waals surface area contributed by atoms with E-state index in [0.29, 0.717) is 12.8 Å². The molecule has 112 valence electrons. The zero-order chi connectivity index (χ0) is 15.7. The smallest absolute Gasteiger partial charge is 0.323 e. The van der Waals surface area contributed by atoms with Gasteiger partial charge in [0.2, 0.25) is 0 Å². The second-order valence-electron chi connectivity index (χ2n) is 4.69. The highest BCUT2D eigenvalue weighted by molar-refractivity contribution is 5.77. The fourth-order valence-corrected chi connectivity index (χ4v) is 2.16. The Balaban J connectivity index is 2.78. The van der Waals surface area contributed by atoms with Crippen molar-refractivity contribution in [3.8, 4) is 6.07 Å². The van der Waals surface area contributed by atoms with Gasteiger partial charge < -0.3 is 9.47 Å². The summed E-state index contributed by atoms with van der Waals surface area (Å²) < 4.78 is 9.28. The molecule has 0 radical (unpaired) electrons. The minimum atomic E-state index is -0.960. The molecule has 0 saturated heterocycles. The van der Waals surface area contributed by atoms with Crippen molar-refractivity contribution >= 4 is 11.9 Å². The SMILES string of the molecule is COC(=O)CC(CCc1ccccc1)C(C#N)C(=O)OC. The maximum Gasteiger partial charge on any atom is 0.323 e. The number of benzene rings is 1. The van der Waals surface area contributed by atoms with Crippen molar-refractivity contribution in [1.82, 2.24) is 0 Å². The molecule has 0 N–H and O–H groups in total. The summed E-state index contributed by atoms with van der Waals surface area (Å²) in [6.45, 7) is 0. The number of nitrogens with zero attached hydrogens (tertiary/aromatic N) is 1. The van der Waals surface area contributed by atoms with Crippen LogP contribution in [0, 0.1) is 23.2 Å². The molecule has 5 heteroatoms. The summed E-state index contributed by atoms with van der Waals surface area (Å²) in [4.78, 5) is 23.1. The van der Waals surface area contributed by atoms with E-state index in [0.717, 1.165) is 5.56 Å². The number of nitriles is 1. The zero-order valence-corrected chi connectivity index (χ0v) is 12.2. The molecule has 1 aromatic carbocycles. The summed E-state index contributed by atoms with van der Waals surface area (Å²) >= 11 is 0. The highest BCUT2D eigenvalue weighted by atomic mass is 16.5. The van der Waals surface area contributed by atoms with E-state index >= 15 is 0 Å². The van der Waals surface area contributed by atoms with Crippen molar-refractivity contribution in [3.05, 3.63) is 35.9 Å². The minimum Gasteiger partial charge on any atom is -0.469 e. The van der Waals surface area contributed by atoms with Gasteiger partial charge in [-0.2, -0.15) is 5.26 Å². The second-order valence-corrected chi connectivity index (χ2v) is 4.69. The zero-order valence-electron chi connectivity index (χ0n) is 12.2. The third-order valence-electron chi connectivity index (χ3n) is 3.37. The molecule has 2 unspecified atom stereocenters. The van der Waals surface area contributed by atoms with Gasteiger partial charge >= 0.3 is 11.9 Å². The molecule has 1 rings (SSSR count). The molecule has 21 heavy (non-hydrogen) atoms. The quantitative estimate of drug-likeness (QED) is 0.718. The summed E-state index contributed by atoms with van der Waals surface area (Å²) in [5.41, 5.74) is 1.09. The van der Waals surface area contributed by atoms with Crippen LogP contribution in [0.5, 0.6) is 0 Å². The van der Waals surface area contributed by atoms with Gasteiger partial charge in [0, 0.05) is 0 Å². The van der Waals surface area contributed by atoms with Crippen LogP contribution in [-0.4, -0.2) is 26.2 Å². The number of carbonyl (C=O) groups is 2. The molecule has 5 nitrogen and oxygen atoms in total. The molecule has 0 spiro atoms. The third-order valence-corrected chi connectivity index (χ3v) is 3.37. The van der Waals surface area contributed by atoms with Crippen LogP contribution >= 0.6 is 0 Å². The summed E-state index contributed by atoms with van der Waals surface area (Å²) in [6.07, 6.45) is 1.24. The molecule has 0 aromatic heterocycles. The molecular weight excluding hydrogens is 270 g/mol. The van der Waals surface area contributed by atoms with E-state index in [1.807, 2.05) is 36.4 Å². The van der Waals surface area contributed by atoms with E-state index in [-0.39, 0.29) is 6.42 Å². The number of ether oxygens (including phenoxy) is 2. The van der Waals surface area contributed by atoms with E-state index < -0.39 is 23.8 Å². The van der Waals surface area contributed by atoms with Crippen molar-refractivity contribution in [3.63, 3.8) is 0 Å². The van der Waals surface area contributed by atoms with Gasteiger partial charge in [-0.25, -0.2) is 0 Å². The minimum absolute atomic E-state index is 0.0245. The van der Waals surface area contributed by atoms with E-state index in [4.69, 9.17) is 0 Å². The largest absolute Gasteiger partial charge is 0.469 e. The summed E-state index contributed by atoms with van der Waals surface area (Å²) in [5, 5.41) is 9.18. The van der Waals surface area contributed by atoms with Gasteiger partial charge in [-0.05, 0) is 24.3 Å². The Morgan fingerprint density at radius 2 is 1.86 bits per heavy atom. The van der Waals surface area contributed by atoms with Crippen molar-refractivity contribution in [2.75, 3.05) is 14.2 Å². The van der Waals surface area contributed by atoms with E-state index in [1.165, 1.54) is 14.2 Å². The lowest BCUT2D eigenvalue weighted by Crippen LogP contribution is -2.26. The van der Waals surface area contributed by atoms with Crippen LogP contribution in [0.25, 0.3) is 0 Å². The van der Waals surface area contributed by atoms with Gasteiger partial charge in [0.15, 0.2) is 0 Å². The Morgan fingerprint density at radius 1 is 1.19 bits per heavy atom. The van der Waals surface area contributed by atoms with Gasteiger partial charge in [0.25, 0.3) is 0 Å². The third kappa shape index (κ3) is 5.27.